The highest BCUT2D eigenvalue weighted by Gasteiger charge is 2.11. The molecule has 0 fully saturated rings. The molecular formula is C19H22N6O3. The van der Waals surface area contributed by atoms with Crippen LogP contribution >= 0.6 is 0 Å². The summed E-state index contributed by atoms with van der Waals surface area (Å²) >= 11 is 0. The van der Waals surface area contributed by atoms with E-state index in [1.165, 1.54) is 6.20 Å². The Morgan fingerprint density at radius 1 is 1.21 bits per heavy atom. The van der Waals surface area contributed by atoms with Crippen molar-refractivity contribution in [2.45, 2.75) is 0 Å². The summed E-state index contributed by atoms with van der Waals surface area (Å²) in [5, 5.41) is 27.4. The molecule has 3 aromatic rings. The summed E-state index contributed by atoms with van der Waals surface area (Å²) in [5.74, 6) is 2.26. The second-order valence-electron chi connectivity index (χ2n) is 5.84. The van der Waals surface area contributed by atoms with Crippen LogP contribution in [0.3, 0.4) is 0 Å². The Labute approximate surface area is 162 Å². The minimum Gasteiger partial charge on any atom is -0.490 e. The second kappa shape index (κ2) is 8.87. The fraction of sp³-hybridized carbons (Fsp3) is 0.211. The van der Waals surface area contributed by atoms with Gasteiger partial charge in [-0.05, 0) is 24.3 Å². The molecule has 9 heteroatoms. The highest BCUT2D eigenvalue weighted by Crippen LogP contribution is 2.27. The first-order chi connectivity index (χ1) is 13.6. The molecule has 2 heterocycles. The molecule has 0 aliphatic heterocycles. The lowest BCUT2D eigenvalue weighted by Gasteiger charge is -2.13. The van der Waals surface area contributed by atoms with Crippen LogP contribution in [-0.2, 0) is 7.05 Å². The minimum absolute atomic E-state index is 0.0582. The van der Waals surface area contributed by atoms with Crippen molar-refractivity contribution in [3.63, 3.8) is 0 Å². The summed E-state index contributed by atoms with van der Waals surface area (Å²) in [7, 11) is 3.61. The molecule has 0 radical (unpaired) electrons. The number of aryl methyl sites for hydroxylation is 1. The van der Waals surface area contributed by atoms with Crippen molar-refractivity contribution in [3.8, 4) is 17.4 Å². The van der Waals surface area contributed by atoms with Gasteiger partial charge in [-0.15, -0.1) is 0 Å². The molecule has 2 aromatic heterocycles. The Kier molecular flexibility index (Phi) is 6.07. The van der Waals surface area contributed by atoms with E-state index < -0.39 is 0 Å². The molecule has 0 spiro atoms. The number of ether oxygens (including phenoxy) is 2. The molecule has 0 amide bonds. The Bertz CT molecular complexity index is 939. The number of nitrogens with zero attached hydrogens (tertiary/aromatic N) is 3. The van der Waals surface area contributed by atoms with Crippen LogP contribution < -0.4 is 20.1 Å². The molecule has 4 N–H and O–H groups in total. The van der Waals surface area contributed by atoms with Crippen molar-refractivity contribution in [1.82, 2.24) is 14.8 Å². The number of rotatable bonds is 8. The molecule has 0 unspecified atom stereocenters. The van der Waals surface area contributed by atoms with E-state index in [1.807, 2.05) is 13.1 Å². The third-order valence-corrected chi connectivity index (χ3v) is 3.79. The molecule has 28 heavy (non-hydrogen) atoms. The minimum atomic E-state index is -0.0582. The van der Waals surface area contributed by atoms with Crippen LogP contribution in [0, 0.1) is 5.41 Å². The SMILES string of the molecule is CNc1ccc(Oc2ccc(OCCO)cn2)cc1C(=N)Nc1ccn(C)n1. The highest BCUT2D eigenvalue weighted by molar-refractivity contribution is 6.09. The molecule has 1 aromatic carbocycles. The summed E-state index contributed by atoms with van der Waals surface area (Å²) in [6, 6.07) is 10.6. The first kappa shape index (κ1) is 19.2. The fourth-order valence-electron chi connectivity index (χ4n) is 2.49. The molecule has 3 rings (SSSR count). The average molecular weight is 382 g/mol. The second-order valence-corrected chi connectivity index (χ2v) is 5.84. The van der Waals surface area contributed by atoms with Crippen molar-refractivity contribution >= 4 is 17.3 Å². The van der Waals surface area contributed by atoms with Crippen LogP contribution in [0.5, 0.6) is 17.4 Å². The zero-order valence-corrected chi connectivity index (χ0v) is 15.6. The quantitative estimate of drug-likeness (QED) is 0.349. The lowest BCUT2D eigenvalue weighted by atomic mass is 10.1. The van der Waals surface area contributed by atoms with Gasteiger partial charge >= 0.3 is 0 Å². The van der Waals surface area contributed by atoms with Gasteiger partial charge in [0.25, 0.3) is 0 Å². The Morgan fingerprint density at radius 3 is 2.68 bits per heavy atom. The van der Waals surface area contributed by atoms with Crippen LogP contribution in [-0.4, -0.2) is 46.0 Å². The topological polar surface area (TPSA) is 117 Å². The highest BCUT2D eigenvalue weighted by atomic mass is 16.5. The molecule has 0 aliphatic carbocycles. The van der Waals surface area contributed by atoms with Crippen molar-refractivity contribution in [2.75, 3.05) is 30.9 Å². The maximum absolute atomic E-state index is 8.78. The van der Waals surface area contributed by atoms with Gasteiger partial charge in [-0.1, -0.05) is 0 Å². The largest absolute Gasteiger partial charge is 0.490 e. The zero-order chi connectivity index (χ0) is 19.9. The van der Waals surface area contributed by atoms with Gasteiger partial charge in [-0.2, -0.15) is 5.10 Å². The number of anilines is 2. The van der Waals surface area contributed by atoms with E-state index in [-0.39, 0.29) is 19.0 Å². The van der Waals surface area contributed by atoms with Crippen molar-refractivity contribution in [1.29, 1.82) is 5.41 Å². The maximum atomic E-state index is 8.78. The van der Waals surface area contributed by atoms with Gasteiger partial charge in [0.1, 0.15) is 23.9 Å². The number of aromatic nitrogens is 3. The zero-order valence-electron chi connectivity index (χ0n) is 15.6. The van der Waals surface area contributed by atoms with Gasteiger partial charge in [0.05, 0.1) is 12.8 Å². The van der Waals surface area contributed by atoms with E-state index in [9.17, 15) is 0 Å². The molecule has 0 bridgehead atoms. The number of pyridine rings is 1. The summed E-state index contributed by atoms with van der Waals surface area (Å²) < 4.78 is 12.7. The standard InChI is InChI=1S/C19H22N6O3/c1-21-16-5-3-13(28-18-6-4-14(12-22-18)27-10-9-26)11-15(16)19(20)23-17-7-8-25(2)24-17/h3-8,11-12,21,26H,9-10H2,1-2H3,(H2,20,23,24). The predicted molar refractivity (Wildman–Crippen MR) is 107 cm³/mol. The van der Waals surface area contributed by atoms with E-state index in [4.69, 9.17) is 20.0 Å². The number of hydrogen-bond donors (Lipinski definition) is 4. The molecular weight excluding hydrogens is 360 g/mol. The first-order valence-electron chi connectivity index (χ1n) is 8.64. The van der Waals surface area contributed by atoms with E-state index in [1.54, 1.807) is 48.3 Å². The number of hydrogen-bond acceptors (Lipinski definition) is 7. The van der Waals surface area contributed by atoms with Gasteiger partial charge in [0, 0.05) is 43.7 Å². The summed E-state index contributed by atoms with van der Waals surface area (Å²) in [6.07, 6.45) is 3.33. The predicted octanol–water partition coefficient (Wildman–Crippen LogP) is 2.46. The molecule has 9 nitrogen and oxygen atoms in total. The van der Waals surface area contributed by atoms with Gasteiger partial charge in [-0.25, -0.2) is 4.98 Å². The number of nitrogens with one attached hydrogen (secondary N) is 3. The van der Waals surface area contributed by atoms with Gasteiger partial charge in [0.15, 0.2) is 5.82 Å². The maximum Gasteiger partial charge on any atom is 0.219 e. The Hall–Kier alpha value is -3.59. The van der Waals surface area contributed by atoms with Crippen molar-refractivity contribution in [3.05, 3.63) is 54.4 Å². The number of aliphatic hydroxyl groups excluding tert-OH is 1. The van der Waals surface area contributed by atoms with Crippen molar-refractivity contribution in [2.24, 2.45) is 7.05 Å². The van der Waals surface area contributed by atoms with Gasteiger partial charge in [0.2, 0.25) is 5.88 Å². The Morgan fingerprint density at radius 2 is 2.04 bits per heavy atom. The normalized spacial score (nSPS) is 10.4. The lowest BCUT2D eigenvalue weighted by molar-refractivity contribution is 0.201. The summed E-state index contributed by atoms with van der Waals surface area (Å²) in [4.78, 5) is 4.19. The summed E-state index contributed by atoms with van der Waals surface area (Å²) in [6.45, 7) is 0.152. The molecule has 0 saturated heterocycles. The average Bonchev–Trinajstić information content (AvgIpc) is 3.12. The van der Waals surface area contributed by atoms with Gasteiger partial charge in [-0.3, -0.25) is 10.1 Å². The van der Waals surface area contributed by atoms with Crippen molar-refractivity contribution < 1.29 is 14.6 Å². The van der Waals surface area contributed by atoms with Crippen LogP contribution in [0.1, 0.15) is 5.56 Å². The van der Waals surface area contributed by atoms with E-state index in [0.29, 0.717) is 28.8 Å². The number of benzene rings is 1. The molecule has 146 valence electrons. The third-order valence-electron chi connectivity index (χ3n) is 3.79. The number of amidine groups is 1. The third kappa shape index (κ3) is 4.77. The monoisotopic (exact) mass is 382 g/mol. The van der Waals surface area contributed by atoms with Crippen LogP contribution in [0.25, 0.3) is 0 Å². The smallest absolute Gasteiger partial charge is 0.219 e. The summed E-state index contributed by atoms with van der Waals surface area (Å²) in [5.41, 5.74) is 1.41. The lowest BCUT2D eigenvalue weighted by Crippen LogP contribution is -2.14. The Balaban J connectivity index is 1.75. The van der Waals surface area contributed by atoms with Crippen LogP contribution in [0.2, 0.25) is 0 Å². The number of aliphatic hydroxyl groups is 1. The fourth-order valence-corrected chi connectivity index (χ4v) is 2.49. The molecule has 0 aliphatic rings. The van der Waals surface area contributed by atoms with Gasteiger partial charge < -0.3 is 25.2 Å². The molecule has 0 atom stereocenters. The van der Waals surface area contributed by atoms with E-state index in [2.05, 4.69) is 20.7 Å². The first-order valence-corrected chi connectivity index (χ1v) is 8.64. The van der Waals surface area contributed by atoms with E-state index >= 15 is 0 Å². The van der Waals surface area contributed by atoms with E-state index in [0.717, 1.165) is 5.69 Å². The molecule has 0 saturated carbocycles. The van der Waals surface area contributed by atoms with Crippen LogP contribution in [0.4, 0.5) is 11.5 Å². The van der Waals surface area contributed by atoms with Crippen LogP contribution in [0.15, 0.2) is 48.8 Å².